The molecular formula is C8H20BrN3S. The van der Waals surface area contributed by atoms with Gasteiger partial charge in [-0.3, -0.25) is 0 Å². The van der Waals surface area contributed by atoms with E-state index < -0.39 is 0 Å². The summed E-state index contributed by atoms with van der Waals surface area (Å²) in [5, 5.41) is 3.99. The lowest BCUT2D eigenvalue weighted by atomic mass is 10.6. The highest BCUT2D eigenvalue weighted by Gasteiger charge is 2.04. The molecule has 0 aromatic carbocycles. The fraction of sp³-hybridized carbons (Fsp3) is 0.875. The normalized spacial score (nSPS) is 11.4. The van der Waals surface area contributed by atoms with Gasteiger partial charge in [-0.2, -0.15) is 5.10 Å². The van der Waals surface area contributed by atoms with Gasteiger partial charge in [-0.15, -0.1) is 11.8 Å². The maximum atomic E-state index is 3.99. The summed E-state index contributed by atoms with van der Waals surface area (Å²) in [7, 11) is 6.59. The van der Waals surface area contributed by atoms with Crippen LogP contribution < -0.4 is 22.4 Å². The Bertz CT molecular complexity index is 134. The quantitative estimate of drug-likeness (QED) is 0.198. The van der Waals surface area contributed by atoms with Gasteiger partial charge in [0.25, 0.3) is 0 Å². The fourth-order valence-corrected chi connectivity index (χ4v) is 1.45. The lowest BCUT2D eigenvalue weighted by Crippen LogP contribution is -3.00. The molecule has 0 atom stereocenters. The van der Waals surface area contributed by atoms with Crippen molar-refractivity contribution in [2.75, 3.05) is 40.0 Å². The Kier molecular flexibility index (Phi) is 10.7. The Morgan fingerprint density at radius 3 is 2.46 bits per heavy atom. The maximum absolute atomic E-state index is 3.99. The zero-order chi connectivity index (χ0) is 9.45. The van der Waals surface area contributed by atoms with E-state index in [2.05, 4.69) is 31.7 Å². The first-order chi connectivity index (χ1) is 5.56. The van der Waals surface area contributed by atoms with Gasteiger partial charge in [0.1, 0.15) is 0 Å². The lowest BCUT2D eigenvalue weighted by Gasteiger charge is -2.22. The molecule has 0 saturated heterocycles. The molecular weight excluding hydrogens is 250 g/mol. The minimum Gasteiger partial charge on any atom is -1.00 e. The number of hydrazone groups is 1. The van der Waals surface area contributed by atoms with Crippen LogP contribution in [-0.4, -0.2) is 50.0 Å². The van der Waals surface area contributed by atoms with Crippen LogP contribution in [0, 0.1) is 0 Å². The van der Waals surface area contributed by atoms with Gasteiger partial charge in [0, 0.05) is 12.3 Å². The first-order valence-electron chi connectivity index (χ1n) is 4.22. The third-order valence-corrected chi connectivity index (χ3v) is 1.93. The molecule has 0 amide bonds. The number of halogens is 1. The average Bonchev–Trinajstić information content (AvgIpc) is 1.94. The van der Waals surface area contributed by atoms with Crippen LogP contribution in [0.25, 0.3) is 0 Å². The van der Waals surface area contributed by atoms with E-state index in [9.17, 15) is 0 Å². The number of hydrogen-bond donors (Lipinski definition) is 1. The lowest BCUT2D eigenvalue weighted by molar-refractivity contribution is -0.867. The van der Waals surface area contributed by atoms with E-state index in [1.807, 2.05) is 12.5 Å². The molecule has 0 radical (unpaired) electrons. The maximum Gasteiger partial charge on any atom is 0.0876 e. The molecule has 5 heteroatoms. The minimum atomic E-state index is 0. The summed E-state index contributed by atoms with van der Waals surface area (Å²) in [6.45, 7) is 4.10. The Hall–Kier alpha value is 0.260. The highest BCUT2D eigenvalue weighted by atomic mass is 79.9. The van der Waals surface area contributed by atoms with Crippen molar-refractivity contribution in [3.63, 3.8) is 0 Å². The van der Waals surface area contributed by atoms with Crippen molar-refractivity contribution < 1.29 is 21.5 Å². The summed E-state index contributed by atoms with van der Waals surface area (Å²) in [5.41, 5.74) is 4.76. The van der Waals surface area contributed by atoms with Crippen LogP contribution in [0.4, 0.5) is 0 Å². The summed E-state index contributed by atoms with van der Waals surface area (Å²) in [6.07, 6.45) is 0. The summed E-state index contributed by atoms with van der Waals surface area (Å²) >= 11 is 1.75. The zero-order valence-electron chi connectivity index (χ0n) is 8.88. The molecule has 1 N–H and O–H groups in total. The van der Waals surface area contributed by atoms with E-state index in [-0.39, 0.29) is 17.0 Å². The minimum absolute atomic E-state index is 0. The van der Waals surface area contributed by atoms with E-state index in [1.54, 1.807) is 11.8 Å². The van der Waals surface area contributed by atoms with Gasteiger partial charge < -0.3 is 26.9 Å². The molecule has 0 fully saturated rings. The second-order valence-corrected chi connectivity index (χ2v) is 4.58. The Labute approximate surface area is 96.3 Å². The number of rotatable bonds is 6. The van der Waals surface area contributed by atoms with Gasteiger partial charge in [0.15, 0.2) is 0 Å². The number of quaternary nitrogens is 1. The number of nitrogens with zero attached hydrogens (tertiary/aromatic N) is 2. The average molecular weight is 270 g/mol. The van der Waals surface area contributed by atoms with Crippen LogP contribution >= 0.6 is 11.8 Å². The summed E-state index contributed by atoms with van der Waals surface area (Å²) in [4.78, 5) is 0. The molecule has 0 aliphatic carbocycles. The second-order valence-electron chi connectivity index (χ2n) is 3.63. The van der Waals surface area contributed by atoms with E-state index in [0.717, 1.165) is 16.8 Å². The predicted octanol–water partition coefficient (Wildman–Crippen LogP) is -2.02. The Balaban J connectivity index is 0. The predicted molar refractivity (Wildman–Crippen MR) is 57.5 cm³/mol. The van der Waals surface area contributed by atoms with Gasteiger partial charge in [-0.25, -0.2) is 0 Å². The van der Waals surface area contributed by atoms with Crippen LogP contribution in [0.1, 0.15) is 6.92 Å². The number of hydrogen-bond acceptors (Lipinski definition) is 3. The molecule has 0 heterocycles. The monoisotopic (exact) mass is 269 g/mol. The molecule has 0 bridgehead atoms. The highest BCUT2D eigenvalue weighted by Crippen LogP contribution is 1.98. The SMILES string of the molecule is CCN/N=C/SCC[N+](C)(C)C.[Br-]. The Morgan fingerprint density at radius 1 is 1.38 bits per heavy atom. The summed E-state index contributed by atoms with van der Waals surface area (Å²) in [5.74, 6) is 1.12. The largest absolute Gasteiger partial charge is 1.00 e. The summed E-state index contributed by atoms with van der Waals surface area (Å²) < 4.78 is 1.02. The summed E-state index contributed by atoms with van der Waals surface area (Å²) in [6, 6.07) is 0. The molecule has 0 unspecified atom stereocenters. The molecule has 0 spiro atoms. The van der Waals surface area contributed by atoms with Gasteiger partial charge in [0.05, 0.1) is 33.2 Å². The molecule has 80 valence electrons. The second kappa shape index (κ2) is 8.84. The van der Waals surface area contributed by atoms with Gasteiger partial charge in [-0.05, 0) is 6.92 Å². The number of nitrogens with one attached hydrogen (secondary N) is 1. The van der Waals surface area contributed by atoms with Gasteiger partial charge in [0.2, 0.25) is 0 Å². The third kappa shape index (κ3) is 15.1. The van der Waals surface area contributed by atoms with E-state index in [4.69, 9.17) is 0 Å². The molecule has 3 nitrogen and oxygen atoms in total. The van der Waals surface area contributed by atoms with Crippen molar-refractivity contribution in [2.24, 2.45) is 5.10 Å². The molecule has 0 aromatic heterocycles. The Morgan fingerprint density at radius 2 is 2.00 bits per heavy atom. The van der Waals surface area contributed by atoms with Crippen molar-refractivity contribution in [3.05, 3.63) is 0 Å². The molecule has 0 saturated carbocycles. The van der Waals surface area contributed by atoms with Crippen LogP contribution in [0.15, 0.2) is 5.10 Å². The number of thioether (sulfide) groups is 1. The van der Waals surface area contributed by atoms with E-state index in [0.29, 0.717) is 0 Å². The van der Waals surface area contributed by atoms with Crippen molar-refractivity contribution in [1.82, 2.24) is 5.43 Å². The van der Waals surface area contributed by atoms with Crippen molar-refractivity contribution in [3.8, 4) is 0 Å². The highest BCUT2D eigenvalue weighted by molar-refractivity contribution is 8.12. The molecule has 0 aliphatic rings. The van der Waals surface area contributed by atoms with Gasteiger partial charge in [-0.1, -0.05) is 0 Å². The van der Waals surface area contributed by atoms with E-state index in [1.165, 1.54) is 6.54 Å². The van der Waals surface area contributed by atoms with Crippen LogP contribution in [0.3, 0.4) is 0 Å². The third-order valence-electron chi connectivity index (χ3n) is 1.26. The van der Waals surface area contributed by atoms with Crippen molar-refractivity contribution in [2.45, 2.75) is 6.92 Å². The first kappa shape index (κ1) is 15.7. The zero-order valence-corrected chi connectivity index (χ0v) is 11.3. The first-order valence-corrected chi connectivity index (χ1v) is 5.27. The standard InChI is InChI=1S/C8H20N3S.BrH/c1-5-9-10-8-12-7-6-11(2,3)4;/h8-9H,5-7H2,1-4H3;1H/q+1;/p-1/b10-8+;. The molecule has 0 rings (SSSR count). The molecule has 13 heavy (non-hydrogen) atoms. The molecule has 0 aromatic rings. The van der Waals surface area contributed by atoms with E-state index >= 15 is 0 Å². The van der Waals surface area contributed by atoms with Gasteiger partial charge >= 0.3 is 0 Å². The fourth-order valence-electron chi connectivity index (χ4n) is 0.545. The molecule has 0 aliphatic heterocycles. The van der Waals surface area contributed by atoms with Crippen LogP contribution in [0.5, 0.6) is 0 Å². The van der Waals surface area contributed by atoms with Crippen molar-refractivity contribution >= 4 is 17.3 Å². The smallest absolute Gasteiger partial charge is 0.0876 e. The topological polar surface area (TPSA) is 24.4 Å². The van der Waals surface area contributed by atoms with Crippen molar-refractivity contribution in [1.29, 1.82) is 0 Å². The van der Waals surface area contributed by atoms with Crippen LogP contribution in [0.2, 0.25) is 0 Å². The van der Waals surface area contributed by atoms with Crippen LogP contribution in [-0.2, 0) is 0 Å².